The molecule has 1 aliphatic carbocycles. The van der Waals surface area contributed by atoms with Crippen molar-refractivity contribution in [2.75, 3.05) is 31.1 Å². The second kappa shape index (κ2) is 12.6. The van der Waals surface area contributed by atoms with Gasteiger partial charge in [-0.2, -0.15) is 5.10 Å². The van der Waals surface area contributed by atoms with Crippen LogP contribution >= 0.6 is 27.7 Å². The van der Waals surface area contributed by atoms with Gasteiger partial charge in [-0.25, -0.2) is 4.68 Å². The number of hydrogen-bond acceptors (Lipinski definition) is 7. The van der Waals surface area contributed by atoms with Gasteiger partial charge in [0.1, 0.15) is 33.9 Å². The van der Waals surface area contributed by atoms with E-state index < -0.39 is 6.04 Å². The van der Waals surface area contributed by atoms with Crippen LogP contribution in [0.1, 0.15) is 61.0 Å². The standard InChI is InChI=1S/C30H34BrN5O4S/c1-17-24(28(37)34-22-14-13-21(39-2)16-23(22)40-3)26(18-9-8-10-19(31)15-18)36-27(32-17)25(30(35-36)41-4)29(38)33-20-11-6-5-7-12-20/h8-10,13-16,20,26,32H,5-7,11-12H2,1-4H3,(H,33,38)(H,34,37). The summed E-state index contributed by atoms with van der Waals surface area (Å²) in [4.78, 5) is 27.7. The summed E-state index contributed by atoms with van der Waals surface area (Å²) in [7, 11) is 3.12. The Labute approximate surface area is 252 Å². The van der Waals surface area contributed by atoms with Crippen LogP contribution < -0.4 is 25.4 Å². The van der Waals surface area contributed by atoms with Crippen molar-refractivity contribution >= 4 is 51.0 Å². The molecule has 2 heterocycles. The number of fused-ring (bicyclic) bond motifs is 1. The van der Waals surface area contributed by atoms with E-state index in [1.165, 1.54) is 18.2 Å². The molecule has 216 valence electrons. The van der Waals surface area contributed by atoms with Crippen molar-refractivity contribution in [1.82, 2.24) is 15.1 Å². The highest BCUT2D eigenvalue weighted by Gasteiger charge is 2.38. The number of allylic oxidation sites excluding steroid dienone is 1. The highest BCUT2D eigenvalue weighted by Crippen LogP contribution is 2.42. The SMILES string of the molecule is COc1ccc(NC(=O)C2=C(C)Nc3c(C(=O)NC4CCCCC4)c(SC)nn3C2c2cccc(Br)c2)c(OC)c1. The number of aromatic nitrogens is 2. The Kier molecular flexibility index (Phi) is 8.94. The van der Waals surface area contributed by atoms with Crippen LogP contribution in [0.4, 0.5) is 11.5 Å². The summed E-state index contributed by atoms with van der Waals surface area (Å²) < 4.78 is 13.4. The summed E-state index contributed by atoms with van der Waals surface area (Å²) in [5, 5.41) is 15.1. The van der Waals surface area contributed by atoms with Crippen LogP contribution in [0.25, 0.3) is 0 Å². The molecule has 1 saturated carbocycles. The molecule has 2 aromatic carbocycles. The molecule has 1 unspecified atom stereocenters. The third-order valence-electron chi connectivity index (χ3n) is 7.53. The number of hydrogen-bond donors (Lipinski definition) is 3. The Balaban J connectivity index is 1.57. The van der Waals surface area contributed by atoms with Crippen molar-refractivity contribution in [3.63, 3.8) is 0 Å². The first-order valence-electron chi connectivity index (χ1n) is 13.6. The average molecular weight is 641 g/mol. The molecular weight excluding hydrogens is 606 g/mol. The fourth-order valence-electron chi connectivity index (χ4n) is 5.52. The van der Waals surface area contributed by atoms with E-state index >= 15 is 0 Å². The Morgan fingerprint density at radius 1 is 1.07 bits per heavy atom. The van der Waals surface area contributed by atoms with E-state index in [4.69, 9.17) is 14.6 Å². The number of amides is 2. The van der Waals surface area contributed by atoms with Crippen molar-refractivity contribution in [2.24, 2.45) is 0 Å². The van der Waals surface area contributed by atoms with E-state index in [0.717, 1.165) is 35.7 Å². The summed E-state index contributed by atoms with van der Waals surface area (Å²) in [6, 6.07) is 12.6. The highest BCUT2D eigenvalue weighted by atomic mass is 79.9. The smallest absolute Gasteiger partial charge is 0.258 e. The Bertz CT molecular complexity index is 1500. The first kappa shape index (κ1) is 29.1. The number of anilines is 2. The molecule has 2 amide bonds. The van der Waals surface area contributed by atoms with Crippen LogP contribution in [0.3, 0.4) is 0 Å². The number of carbonyl (C=O) groups is 2. The molecule has 1 aromatic heterocycles. The van der Waals surface area contributed by atoms with Gasteiger partial charge in [0.2, 0.25) is 0 Å². The number of carbonyl (C=O) groups excluding carboxylic acids is 2. The largest absolute Gasteiger partial charge is 0.497 e. The van der Waals surface area contributed by atoms with E-state index in [-0.39, 0.29) is 17.9 Å². The minimum absolute atomic E-state index is 0.147. The van der Waals surface area contributed by atoms with Crippen molar-refractivity contribution in [1.29, 1.82) is 0 Å². The lowest BCUT2D eigenvalue weighted by Gasteiger charge is -2.30. The number of benzene rings is 2. The molecule has 3 aromatic rings. The van der Waals surface area contributed by atoms with Gasteiger partial charge in [0.05, 0.1) is 25.5 Å². The first-order chi connectivity index (χ1) is 19.8. The lowest BCUT2D eigenvalue weighted by molar-refractivity contribution is -0.113. The maximum Gasteiger partial charge on any atom is 0.258 e. The summed E-state index contributed by atoms with van der Waals surface area (Å²) in [6.45, 7) is 1.85. The van der Waals surface area contributed by atoms with Crippen LogP contribution in [0, 0.1) is 0 Å². The molecule has 0 radical (unpaired) electrons. The van der Waals surface area contributed by atoms with E-state index in [9.17, 15) is 9.59 Å². The van der Waals surface area contributed by atoms with Crippen molar-refractivity contribution in [3.8, 4) is 11.5 Å². The van der Waals surface area contributed by atoms with Gasteiger partial charge in [-0.3, -0.25) is 9.59 Å². The molecule has 1 aliphatic heterocycles. The molecule has 11 heteroatoms. The fourth-order valence-corrected chi connectivity index (χ4v) is 6.50. The van der Waals surface area contributed by atoms with Crippen molar-refractivity contribution in [2.45, 2.75) is 56.1 Å². The Morgan fingerprint density at radius 2 is 1.85 bits per heavy atom. The predicted octanol–water partition coefficient (Wildman–Crippen LogP) is 6.37. The number of nitrogens with zero attached hydrogens (tertiary/aromatic N) is 2. The normalized spacial score (nSPS) is 17.0. The minimum Gasteiger partial charge on any atom is -0.497 e. The number of ether oxygens (including phenoxy) is 2. The summed E-state index contributed by atoms with van der Waals surface area (Å²) in [5.74, 6) is 1.20. The van der Waals surface area contributed by atoms with Gasteiger partial charge in [0, 0.05) is 22.3 Å². The predicted molar refractivity (Wildman–Crippen MR) is 165 cm³/mol. The number of rotatable bonds is 8. The van der Waals surface area contributed by atoms with Gasteiger partial charge in [0.15, 0.2) is 0 Å². The van der Waals surface area contributed by atoms with Gasteiger partial charge < -0.3 is 25.4 Å². The molecule has 0 spiro atoms. The summed E-state index contributed by atoms with van der Waals surface area (Å²) in [6.07, 6.45) is 7.32. The van der Waals surface area contributed by atoms with Crippen LogP contribution in [-0.2, 0) is 4.79 Å². The average Bonchev–Trinajstić information content (AvgIpc) is 3.35. The van der Waals surface area contributed by atoms with Gasteiger partial charge in [-0.15, -0.1) is 11.8 Å². The van der Waals surface area contributed by atoms with Gasteiger partial charge in [-0.1, -0.05) is 47.3 Å². The Morgan fingerprint density at radius 3 is 2.54 bits per heavy atom. The van der Waals surface area contributed by atoms with Crippen molar-refractivity contribution in [3.05, 3.63) is 69.3 Å². The lowest BCUT2D eigenvalue weighted by atomic mass is 9.94. The molecule has 3 N–H and O–H groups in total. The molecule has 9 nitrogen and oxygen atoms in total. The van der Waals surface area contributed by atoms with E-state index in [1.54, 1.807) is 37.1 Å². The molecule has 0 bridgehead atoms. The Hall–Kier alpha value is -3.44. The topological polar surface area (TPSA) is 107 Å². The maximum atomic E-state index is 14.0. The van der Waals surface area contributed by atoms with Gasteiger partial charge >= 0.3 is 0 Å². The van der Waals surface area contributed by atoms with Crippen LogP contribution in [0.5, 0.6) is 11.5 Å². The summed E-state index contributed by atoms with van der Waals surface area (Å²) in [5.41, 5.74) is 2.96. The maximum absolute atomic E-state index is 14.0. The zero-order valence-corrected chi connectivity index (χ0v) is 25.9. The van der Waals surface area contributed by atoms with E-state index in [0.29, 0.717) is 44.9 Å². The number of thioether (sulfide) groups is 1. The first-order valence-corrected chi connectivity index (χ1v) is 15.6. The third-order valence-corrected chi connectivity index (χ3v) is 8.70. The molecule has 1 atom stereocenters. The zero-order valence-electron chi connectivity index (χ0n) is 23.5. The number of methoxy groups -OCH3 is 2. The molecule has 41 heavy (non-hydrogen) atoms. The number of nitrogens with one attached hydrogen (secondary N) is 3. The van der Waals surface area contributed by atoms with Gasteiger partial charge in [0.25, 0.3) is 11.8 Å². The zero-order chi connectivity index (χ0) is 29.1. The molecule has 1 fully saturated rings. The van der Waals surface area contributed by atoms with Crippen molar-refractivity contribution < 1.29 is 19.1 Å². The fraction of sp³-hybridized carbons (Fsp3) is 0.367. The quantitative estimate of drug-likeness (QED) is 0.246. The van der Waals surface area contributed by atoms with Crippen LogP contribution in [0.15, 0.2) is 63.2 Å². The molecular formula is C30H34BrN5O4S. The summed E-state index contributed by atoms with van der Waals surface area (Å²) >= 11 is 4.99. The highest BCUT2D eigenvalue weighted by molar-refractivity contribution is 9.10. The third kappa shape index (κ3) is 5.97. The molecule has 5 rings (SSSR count). The van der Waals surface area contributed by atoms with Crippen LogP contribution in [0.2, 0.25) is 0 Å². The van der Waals surface area contributed by atoms with Crippen LogP contribution in [-0.4, -0.2) is 48.1 Å². The van der Waals surface area contributed by atoms with Gasteiger partial charge in [-0.05, 0) is 55.9 Å². The van der Waals surface area contributed by atoms with E-state index in [1.807, 2.05) is 37.4 Å². The van der Waals surface area contributed by atoms with E-state index in [2.05, 4.69) is 31.9 Å². The number of halogens is 1. The molecule has 2 aliphatic rings. The second-order valence-corrected chi connectivity index (χ2v) is 11.8. The minimum atomic E-state index is -0.588. The second-order valence-electron chi connectivity index (χ2n) is 10.1. The molecule has 0 saturated heterocycles. The monoisotopic (exact) mass is 639 g/mol. The lowest BCUT2D eigenvalue weighted by Crippen LogP contribution is -2.37.